The number of aryl methyl sites for hydroxylation is 2. The van der Waals surface area contributed by atoms with E-state index in [0.717, 1.165) is 30.4 Å². The average Bonchev–Trinajstić information content (AvgIpc) is 3.58. The molecule has 1 fully saturated rings. The van der Waals surface area contributed by atoms with Crippen LogP contribution in [-0.2, 0) is 23.8 Å². The number of fused-ring (bicyclic) bond motifs is 1. The summed E-state index contributed by atoms with van der Waals surface area (Å²) >= 11 is 0. The van der Waals surface area contributed by atoms with Crippen LogP contribution in [0.25, 0.3) is 11.4 Å². The van der Waals surface area contributed by atoms with E-state index in [9.17, 15) is 18.0 Å². The lowest BCUT2D eigenvalue weighted by Gasteiger charge is -2.25. The second kappa shape index (κ2) is 12.0. The highest BCUT2D eigenvalue weighted by Gasteiger charge is 2.37. The van der Waals surface area contributed by atoms with E-state index in [4.69, 9.17) is 0 Å². The first kappa shape index (κ1) is 27.6. The monoisotopic (exact) mass is 551 g/mol. The van der Waals surface area contributed by atoms with Gasteiger partial charge >= 0.3 is 6.18 Å². The highest BCUT2D eigenvalue weighted by atomic mass is 19.4. The van der Waals surface area contributed by atoms with E-state index in [-0.39, 0.29) is 11.8 Å². The molecule has 0 saturated carbocycles. The fourth-order valence-electron chi connectivity index (χ4n) is 5.45. The predicted octanol–water partition coefficient (Wildman–Crippen LogP) is 5.08. The average molecular weight is 552 g/mol. The van der Waals surface area contributed by atoms with Crippen molar-refractivity contribution in [1.82, 2.24) is 30.0 Å². The quantitative estimate of drug-likeness (QED) is 0.175. The van der Waals surface area contributed by atoms with Gasteiger partial charge in [-0.05, 0) is 99.2 Å². The SMILES string of the molecule is CN/C=C(\C=C/C=O)c1cccc(-n2nc(C(F)(F)F)nc2Nc2ccc3c(c2)CCC(N2CCCC2)CC3)n1. The maximum absolute atomic E-state index is 13.7. The number of hydrogen-bond donors (Lipinski definition) is 2. The summed E-state index contributed by atoms with van der Waals surface area (Å²) in [6.45, 7) is 2.33. The molecule has 1 saturated heterocycles. The van der Waals surface area contributed by atoms with Gasteiger partial charge in [-0.2, -0.15) is 22.8 Å². The van der Waals surface area contributed by atoms with Crippen molar-refractivity contribution in [2.75, 3.05) is 25.5 Å². The fraction of sp³-hybridized carbons (Fsp3) is 0.379. The van der Waals surface area contributed by atoms with Crippen molar-refractivity contribution in [2.24, 2.45) is 0 Å². The third kappa shape index (κ3) is 6.25. The van der Waals surface area contributed by atoms with Gasteiger partial charge in [0.1, 0.15) is 6.29 Å². The first-order valence-electron chi connectivity index (χ1n) is 13.5. The van der Waals surface area contributed by atoms with Gasteiger partial charge < -0.3 is 15.5 Å². The van der Waals surface area contributed by atoms with Crippen molar-refractivity contribution >= 4 is 23.5 Å². The summed E-state index contributed by atoms with van der Waals surface area (Å²) in [7, 11) is 1.70. The second-order valence-electron chi connectivity index (χ2n) is 10.0. The van der Waals surface area contributed by atoms with E-state index in [1.165, 1.54) is 43.1 Å². The third-order valence-electron chi connectivity index (χ3n) is 7.38. The van der Waals surface area contributed by atoms with Crippen molar-refractivity contribution in [2.45, 2.75) is 50.7 Å². The van der Waals surface area contributed by atoms with Crippen LogP contribution >= 0.6 is 0 Å². The van der Waals surface area contributed by atoms with Gasteiger partial charge in [-0.15, -0.1) is 5.10 Å². The summed E-state index contributed by atoms with van der Waals surface area (Å²) < 4.78 is 42.1. The van der Waals surface area contributed by atoms with Crippen LogP contribution in [-0.4, -0.2) is 57.1 Å². The Morgan fingerprint density at radius 3 is 2.55 bits per heavy atom. The summed E-state index contributed by atoms with van der Waals surface area (Å²) in [5.41, 5.74) is 4.14. The number of anilines is 2. The molecule has 1 aromatic carbocycles. The van der Waals surface area contributed by atoms with Crippen LogP contribution in [0.2, 0.25) is 0 Å². The van der Waals surface area contributed by atoms with Crippen molar-refractivity contribution in [3.05, 3.63) is 77.4 Å². The molecule has 11 heteroatoms. The van der Waals surface area contributed by atoms with Crippen molar-refractivity contribution in [3.63, 3.8) is 0 Å². The molecule has 0 bridgehead atoms. The number of likely N-dealkylation sites (tertiary alicyclic amines) is 1. The number of aldehydes is 1. The van der Waals surface area contributed by atoms with Gasteiger partial charge in [0.05, 0.1) is 5.69 Å². The minimum absolute atomic E-state index is 0.0944. The normalized spacial score (nSPS) is 18.5. The first-order valence-corrected chi connectivity index (χ1v) is 13.5. The van der Waals surface area contributed by atoms with Gasteiger partial charge in [0.2, 0.25) is 5.95 Å². The largest absolute Gasteiger partial charge is 0.453 e. The topological polar surface area (TPSA) is 88.0 Å². The van der Waals surface area contributed by atoms with E-state index in [0.29, 0.717) is 29.3 Å². The number of carbonyl (C=O) groups is 1. The number of benzene rings is 1. The molecule has 210 valence electrons. The molecular weight excluding hydrogens is 519 g/mol. The molecule has 1 aliphatic heterocycles. The number of hydrogen-bond acceptors (Lipinski definition) is 7. The van der Waals surface area contributed by atoms with Gasteiger partial charge in [0.25, 0.3) is 5.82 Å². The summed E-state index contributed by atoms with van der Waals surface area (Å²) in [5, 5.41) is 9.70. The smallest absolute Gasteiger partial charge is 0.393 e. The van der Waals surface area contributed by atoms with E-state index < -0.39 is 12.0 Å². The lowest BCUT2D eigenvalue weighted by atomic mass is 10.0. The molecule has 1 aliphatic carbocycles. The standard InChI is InChI=1S/C29H32F3N7O/c1-33-19-22(6-5-17-40)25-7-4-8-26(35-25)39-28(36-27(37-39)29(30,31)32)34-23-12-9-20-10-13-24(14-11-21(20)18-23)38-15-2-3-16-38/h4-9,12,17-19,24,33H,2-3,10-11,13-16H2,1H3,(H,34,36,37)/b6-5-,22-19+. The fourth-order valence-corrected chi connectivity index (χ4v) is 5.45. The summed E-state index contributed by atoms with van der Waals surface area (Å²) in [6, 6.07) is 11.4. The number of allylic oxidation sites excluding steroid dienone is 3. The Hall–Kier alpha value is -3.99. The van der Waals surface area contributed by atoms with Crippen LogP contribution in [0.5, 0.6) is 0 Å². The highest BCUT2D eigenvalue weighted by Crippen LogP contribution is 2.32. The molecule has 2 aromatic heterocycles. The number of rotatable bonds is 8. The Bertz CT molecular complexity index is 1410. The Kier molecular flexibility index (Phi) is 8.29. The van der Waals surface area contributed by atoms with Crippen LogP contribution in [0, 0.1) is 0 Å². The van der Waals surface area contributed by atoms with Gasteiger partial charge in [0, 0.05) is 30.5 Å². The van der Waals surface area contributed by atoms with Crippen molar-refractivity contribution in [3.8, 4) is 5.82 Å². The lowest BCUT2D eigenvalue weighted by molar-refractivity contribution is -0.144. The second-order valence-corrected chi connectivity index (χ2v) is 10.0. The molecule has 3 aromatic rings. The van der Waals surface area contributed by atoms with E-state index >= 15 is 0 Å². The molecule has 2 aliphatic rings. The van der Waals surface area contributed by atoms with Crippen LogP contribution in [0.3, 0.4) is 0 Å². The number of aromatic nitrogens is 4. The van der Waals surface area contributed by atoms with Gasteiger partial charge in [-0.3, -0.25) is 4.79 Å². The van der Waals surface area contributed by atoms with Gasteiger partial charge in [-0.25, -0.2) is 4.98 Å². The van der Waals surface area contributed by atoms with Crippen LogP contribution < -0.4 is 10.6 Å². The zero-order valence-corrected chi connectivity index (χ0v) is 22.3. The van der Waals surface area contributed by atoms with Gasteiger partial charge in [0.15, 0.2) is 5.82 Å². The Balaban J connectivity index is 1.44. The van der Waals surface area contributed by atoms with Gasteiger partial charge in [-0.1, -0.05) is 12.1 Å². The molecule has 0 radical (unpaired) electrons. The molecule has 5 rings (SSSR count). The van der Waals surface area contributed by atoms with E-state index in [1.54, 1.807) is 37.5 Å². The molecule has 0 spiro atoms. The maximum Gasteiger partial charge on any atom is 0.453 e. The molecule has 1 atom stereocenters. The zero-order valence-electron chi connectivity index (χ0n) is 22.3. The first-order chi connectivity index (χ1) is 19.4. The molecular formula is C29H32F3N7O. The van der Waals surface area contributed by atoms with Crippen molar-refractivity contribution < 1.29 is 18.0 Å². The maximum atomic E-state index is 13.7. The Morgan fingerprint density at radius 2 is 1.82 bits per heavy atom. The summed E-state index contributed by atoms with van der Waals surface area (Å²) in [5.74, 6) is -1.21. The zero-order chi connectivity index (χ0) is 28.1. The van der Waals surface area contributed by atoms with Crippen LogP contribution in [0.15, 0.2) is 54.8 Å². The van der Waals surface area contributed by atoms with E-state index in [2.05, 4.69) is 36.7 Å². The molecule has 40 heavy (non-hydrogen) atoms. The number of alkyl halides is 3. The summed E-state index contributed by atoms with van der Waals surface area (Å²) in [4.78, 5) is 21.7. The molecule has 2 N–H and O–H groups in total. The Morgan fingerprint density at radius 1 is 1.05 bits per heavy atom. The molecule has 1 unspecified atom stereocenters. The van der Waals surface area contributed by atoms with Crippen LogP contribution in [0.4, 0.5) is 24.8 Å². The highest BCUT2D eigenvalue weighted by molar-refractivity contribution is 5.78. The number of carbonyl (C=O) groups excluding carboxylic acids is 1. The Labute approximate surface area is 231 Å². The minimum atomic E-state index is -4.73. The number of halogens is 3. The number of nitrogens with one attached hydrogen (secondary N) is 2. The number of pyridine rings is 1. The number of nitrogens with zero attached hydrogens (tertiary/aromatic N) is 5. The van der Waals surface area contributed by atoms with Crippen molar-refractivity contribution in [1.29, 1.82) is 0 Å². The third-order valence-corrected chi connectivity index (χ3v) is 7.38. The minimum Gasteiger partial charge on any atom is -0.393 e. The summed E-state index contributed by atoms with van der Waals surface area (Å²) in [6.07, 6.45) is 7.04. The lowest BCUT2D eigenvalue weighted by Crippen LogP contribution is -2.32. The van der Waals surface area contributed by atoms with Crippen LogP contribution in [0.1, 0.15) is 48.3 Å². The molecule has 8 nitrogen and oxygen atoms in total. The molecule has 0 amide bonds. The van der Waals surface area contributed by atoms with E-state index in [1.807, 2.05) is 12.1 Å². The molecule has 3 heterocycles. The predicted molar refractivity (Wildman–Crippen MR) is 147 cm³/mol.